The van der Waals surface area contributed by atoms with Crippen molar-refractivity contribution in [3.8, 4) is 5.75 Å². The number of hydrogen-bond donors (Lipinski definition) is 2. The van der Waals surface area contributed by atoms with Crippen LogP contribution < -0.4 is 15.4 Å². The number of benzene rings is 3. The molecule has 0 aliphatic carbocycles. The van der Waals surface area contributed by atoms with Gasteiger partial charge in [-0.25, -0.2) is 0 Å². The molecule has 3 aromatic carbocycles. The fourth-order valence-electron chi connectivity index (χ4n) is 3.00. The first-order valence-corrected chi connectivity index (χ1v) is 10.7. The highest BCUT2D eigenvalue weighted by Crippen LogP contribution is 2.18. The van der Waals surface area contributed by atoms with E-state index in [-0.39, 0.29) is 10.8 Å². The van der Waals surface area contributed by atoms with Crippen LogP contribution in [0.4, 0.5) is 11.4 Å². The van der Waals surface area contributed by atoms with E-state index in [0.29, 0.717) is 23.6 Å². The van der Waals surface area contributed by atoms with Crippen molar-refractivity contribution >= 4 is 40.7 Å². The molecule has 0 aliphatic rings. The van der Waals surface area contributed by atoms with Crippen LogP contribution in [0, 0.1) is 10.1 Å². The van der Waals surface area contributed by atoms with Crippen LogP contribution in [0.25, 0.3) is 6.08 Å². The summed E-state index contributed by atoms with van der Waals surface area (Å²) in [5.74, 6) is 0.250. The Hall–Kier alpha value is -4.04. The average Bonchev–Trinajstić information content (AvgIpc) is 2.81. The zero-order valence-corrected chi connectivity index (χ0v) is 18.6. The molecule has 0 unspecified atom stereocenters. The molecule has 0 heterocycles. The van der Waals surface area contributed by atoms with Gasteiger partial charge in [0.15, 0.2) is 5.11 Å². The zero-order valence-electron chi connectivity index (χ0n) is 17.8. The van der Waals surface area contributed by atoms with Gasteiger partial charge in [-0.15, -0.1) is 0 Å². The van der Waals surface area contributed by atoms with Crippen molar-refractivity contribution in [1.29, 1.82) is 0 Å². The summed E-state index contributed by atoms with van der Waals surface area (Å²) >= 11 is 5.19. The van der Waals surface area contributed by atoms with Crippen molar-refractivity contribution in [1.82, 2.24) is 5.32 Å². The van der Waals surface area contributed by atoms with Crippen molar-refractivity contribution in [3.05, 3.63) is 106 Å². The molecule has 0 aromatic heterocycles. The number of nitrogens with zero attached hydrogens (tertiary/aromatic N) is 1. The number of nitro groups is 1. The molecule has 1 amide bonds. The molecule has 0 aliphatic heterocycles. The van der Waals surface area contributed by atoms with Gasteiger partial charge >= 0.3 is 0 Å². The van der Waals surface area contributed by atoms with Gasteiger partial charge < -0.3 is 10.1 Å². The second-order valence-electron chi connectivity index (χ2n) is 7.09. The van der Waals surface area contributed by atoms with Crippen molar-refractivity contribution in [2.45, 2.75) is 12.8 Å². The largest absolute Gasteiger partial charge is 0.494 e. The number of thiocarbonyl (C=S) groups is 1. The van der Waals surface area contributed by atoms with Crippen molar-refractivity contribution < 1.29 is 14.5 Å². The molecule has 0 fully saturated rings. The van der Waals surface area contributed by atoms with Gasteiger partial charge in [0.05, 0.1) is 11.5 Å². The maximum atomic E-state index is 12.1. The minimum absolute atomic E-state index is 0.0445. The van der Waals surface area contributed by atoms with Gasteiger partial charge in [0, 0.05) is 30.0 Å². The normalized spacial score (nSPS) is 10.5. The van der Waals surface area contributed by atoms with Crippen LogP contribution in [0.5, 0.6) is 5.75 Å². The molecule has 0 atom stereocenters. The maximum Gasteiger partial charge on any atom is 0.270 e. The summed E-state index contributed by atoms with van der Waals surface area (Å²) in [6.45, 7) is 0.585. The molecule has 0 saturated heterocycles. The average molecular weight is 462 g/mol. The van der Waals surface area contributed by atoms with E-state index in [2.05, 4.69) is 22.8 Å². The highest BCUT2D eigenvalue weighted by molar-refractivity contribution is 7.80. The van der Waals surface area contributed by atoms with Gasteiger partial charge in [0.25, 0.3) is 5.69 Å². The summed E-state index contributed by atoms with van der Waals surface area (Å²) in [6.07, 6.45) is 4.58. The van der Waals surface area contributed by atoms with Crippen molar-refractivity contribution in [3.63, 3.8) is 0 Å². The number of hydrogen-bond acceptors (Lipinski definition) is 5. The third-order valence-electron chi connectivity index (χ3n) is 4.56. The highest BCUT2D eigenvalue weighted by Gasteiger charge is 2.06. The fraction of sp³-hybridized carbons (Fsp3) is 0.120. The molecular formula is C25H23N3O4S. The van der Waals surface area contributed by atoms with E-state index in [1.54, 1.807) is 18.2 Å². The summed E-state index contributed by atoms with van der Waals surface area (Å²) in [5.41, 5.74) is 2.45. The lowest BCUT2D eigenvalue weighted by molar-refractivity contribution is -0.384. The van der Waals surface area contributed by atoms with Crippen LogP contribution >= 0.6 is 12.2 Å². The Bertz CT molecular complexity index is 1150. The molecule has 7 nitrogen and oxygen atoms in total. The molecule has 168 valence electrons. The molecule has 0 saturated carbocycles. The van der Waals surface area contributed by atoms with Crippen LogP contribution in [-0.2, 0) is 11.2 Å². The smallest absolute Gasteiger partial charge is 0.270 e. The second-order valence-corrected chi connectivity index (χ2v) is 7.50. The van der Waals surface area contributed by atoms with Gasteiger partial charge in [0.2, 0.25) is 5.91 Å². The van der Waals surface area contributed by atoms with E-state index in [1.165, 1.54) is 29.8 Å². The standard InChI is InChI=1S/C25H23N3O4S/c29-24(15-14-20-9-4-12-22(17-20)28(30)31)27-25(33)26-21-11-5-13-23(18-21)32-16-6-10-19-7-2-1-3-8-19/h1-5,7-9,11-15,17-18H,6,10,16H2,(H2,26,27,29,33)/b15-14+. The van der Waals surface area contributed by atoms with Crippen LogP contribution in [0.2, 0.25) is 0 Å². The predicted molar refractivity (Wildman–Crippen MR) is 133 cm³/mol. The summed E-state index contributed by atoms with van der Waals surface area (Å²) in [6, 6.07) is 23.5. The van der Waals surface area contributed by atoms with Crippen LogP contribution in [0.15, 0.2) is 84.9 Å². The minimum atomic E-state index is -0.489. The molecular weight excluding hydrogens is 438 g/mol. The zero-order chi connectivity index (χ0) is 23.5. The Morgan fingerprint density at radius 1 is 1.03 bits per heavy atom. The predicted octanol–water partition coefficient (Wildman–Crippen LogP) is 5.13. The number of amides is 1. The third kappa shape index (κ3) is 8.19. The molecule has 33 heavy (non-hydrogen) atoms. The summed E-state index contributed by atoms with van der Waals surface area (Å²) in [7, 11) is 0. The summed E-state index contributed by atoms with van der Waals surface area (Å²) < 4.78 is 5.82. The Labute approximate surface area is 197 Å². The van der Waals surface area contributed by atoms with Crippen molar-refractivity contribution in [2.75, 3.05) is 11.9 Å². The van der Waals surface area contributed by atoms with Gasteiger partial charge in [-0.1, -0.05) is 48.5 Å². The quantitative estimate of drug-likeness (QED) is 0.151. The Balaban J connectivity index is 1.45. The van der Waals surface area contributed by atoms with Gasteiger partial charge in [-0.2, -0.15) is 0 Å². The fourth-order valence-corrected chi connectivity index (χ4v) is 3.22. The van der Waals surface area contributed by atoms with Crippen LogP contribution in [0.1, 0.15) is 17.5 Å². The number of carbonyl (C=O) groups excluding carboxylic acids is 1. The van der Waals surface area contributed by atoms with E-state index in [0.717, 1.165) is 12.8 Å². The number of carbonyl (C=O) groups is 1. The first kappa shape index (κ1) is 23.6. The first-order chi connectivity index (χ1) is 16.0. The lowest BCUT2D eigenvalue weighted by Crippen LogP contribution is -2.32. The van der Waals surface area contributed by atoms with Crippen molar-refractivity contribution in [2.24, 2.45) is 0 Å². The second kappa shape index (κ2) is 12.1. The van der Waals surface area contributed by atoms with Gasteiger partial charge in [-0.05, 0) is 54.4 Å². The number of nitro benzene ring substituents is 1. The molecule has 0 radical (unpaired) electrons. The van der Waals surface area contributed by atoms with Gasteiger partial charge in [0.1, 0.15) is 5.75 Å². The van der Waals surface area contributed by atoms with Crippen LogP contribution in [-0.4, -0.2) is 22.5 Å². The molecule has 8 heteroatoms. The van der Waals surface area contributed by atoms with E-state index in [1.807, 2.05) is 36.4 Å². The van der Waals surface area contributed by atoms with E-state index >= 15 is 0 Å². The van der Waals surface area contributed by atoms with Crippen LogP contribution in [0.3, 0.4) is 0 Å². The van der Waals surface area contributed by atoms with Gasteiger partial charge in [-0.3, -0.25) is 20.2 Å². The molecule has 3 rings (SSSR count). The SMILES string of the molecule is O=C(/C=C/c1cccc([N+](=O)[O-])c1)NC(=S)Nc1cccc(OCCCc2ccccc2)c1. The molecule has 0 bridgehead atoms. The number of ether oxygens (including phenoxy) is 1. The monoisotopic (exact) mass is 461 g/mol. The Kier molecular flexibility index (Phi) is 8.67. The van der Waals surface area contributed by atoms with E-state index < -0.39 is 10.8 Å². The number of aryl methyl sites for hydroxylation is 1. The third-order valence-corrected chi connectivity index (χ3v) is 4.76. The molecule has 2 N–H and O–H groups in total. The number of nitrogens with one attached hydrogen (secondary N) is 2. The lowest BCUT2D eigenvalue weighted by atomic mass is 10.1. The van der Waals surface area contributed by atoms with E-state index in [4.69, 9.17) is 17.0 Å². The summed E-state index contributed by atoms with van der Waals surface area (Å²) in [5, 5.41) is 16.5. The lowest BCUT2D eigenvalue weighted by Gasteiger charge is -2.11. The van der Waals surface area contributed by atoms with E-state index in [9.17, 15) is 14.9 Å². The highest BCUT2D eigenvalue weighted by atomic mass is 32.1. The Morgan fingerprint density at radius 3 is 2.61 bits per heavy atom. The Morgan fingerprint density at radius 2 is 1.82 bits per heavy atom. The summed E-state index contributed by atoms with van der Waals surface area (Å²) in [4.78, 5) is 22.5. The maximum absolute atomic E-state index is 12.1. The molecule has 0 spiro atoms. The number of anilines is 1. The number of non-ortho nitro benzene ring substituents is 1. The first-order valence-electron chi connectivity index (χ1n) is 10.3. The topological polar surface area (TPSA) is 93.5 Å². The molecule has 3 aromatic rings. The minimum Gasteiger partial charge on any atom is -0.494 e. The number of rotatable bonds is 9.